The molecule has 3 unspecified atom stereocenters. The van der Waals surface area contributed by atoms with Gasteiger partial charge in [-0.1, -0.05) is 6.92 Å². The predicted octanol–water partition coefficient (Wildman–Crippen LogP) is 2.77. The Labute approximate surface area is 127 Å². The fourth-order valence-electron chi connectivity index (χ4n) is 3.41. The number of ether oxygens (including phenoxy) is 2. The molecule has 0 amide bonds. The summed E-state index contributed by atoms with van der Waals surface area (Å²) in [6.07, 6.45) is 3.23. The van der Waals surface area contributed by atoms with Gasteiger partial charge in [-0.25, -0.2) is 4.79 Å². The van der Waals surface area contributed by atoms with E-state index in [0.717, 1.165) is 12.8 Å². The Bertz CT molecular complexity index is 630. The first kappa shape index (κ1) is 14.8. The molecule has 7 nitrogen and oxygen atoms in total. The van der Waals surface area contributed by atoms with Gasteiger partial charge in [-0.3, -0.25) is 10.1 Å². The molecule has 3 atom stereocenters. The predicted molar refractivity (Wildman–Crippen MR) is 76.2 cm³/mol. The molecule has 1 aromatic carbocycles. The van der Waals surface area contributed by atoms with E-state index in [2.05, 4.69) is 0 Å². The number of benzene rings is 1. The second-order valence-corrected chi connectivity index (χ2v) is 5.79. The van der Waals surface area contributed by atoms with E-state index < -0.39 is 16.5 Å². The summed E-state index contributed by atoms with van der Waals surface area (Å²) in [5, 5.41) is 20.3. The Kier molecular flexibility index (Phi) is 3.52. The molecule has 7 heteroatoms. The van der Waals surface area contributed by atoms with Crippen molar-refractivity contribution in [3.8, 4) is 5.75 Å². The first-order valence-electron chi connectivity index (χ1n) is 7.31. The van der Waals surface area contributed by atoms with Crippen molar-refractivity contribution in [2.75, 3.05) is 0 Å². The molecule has 2 fully saturated rings. The lowest BCUT2D eigenvalue weighted by Crippen LogP contribution is -2.45. The van der Waals surface area contributed by atoms with Gasteiger partial charge in [-0.15, -0.1) is 0 Å². The average Bonchev–Trinajstić information content (AvgIpc) is 3.07. The SMILES string of the molecule is CCC1(Oc2cc(C(=O)O)ccc2[N+](=O)[O-])CC2CCC1O2. The lowest BCUT2D eigenvalue weighted by Gasteiger charge is -2.34. The highest BCUT2D eigenvalue weighted by molar-refractivity contribution is 5.88. The minimum Gasteiger partial charge on any atom is -0.478 e. The van der Waals surface area contributed by atoms with Crippen LogP contribution in [0, 0.1) is 10.1 Å². The summed E-state index contributed by atoms with van der Waals surface area (Å²) in [5.41, 5.74) is -0.860. The molecule has 0 spiro atoms. The molecular weight excluding hydrogens is 290 g/mol. The summed E-state index contributed by atoms with van der Waals surface area (Å²) >= 11 is 0. The molecule has 0 saturated carbocycles. The van der Waals surface area contributed by atoms with Crippen molar-refractivity contribution in [3.05, 3.63) is 33.9 Å². The summed E-state index contributed by atoms with van der Waals surface area (Å²) < 4.78 is 11.8. The third-order valence-electron chi connectivity index (χ3n) is 4.58. The zero-order chi connectivity index (χ0) is 15.9. The number of nitro benzene ring substituents is 1. The van der Waals surface area contributed by atoms with Crippen LogP contribution in [0.1, 0.15) is 43.0 Å². The fraction of sp³-hybridized carbons (Fsp3) is 0.533. The van der Waals surface area contributed by atoms with Gasteiger partial charge in [-0.2, -0.15) is 0 Å². The van der Waals surface area contributed by atoms with E-state index in [1.165, 1.54) is 18.2 Å². The Balaban J connectivity index is 1.97. The minimum absolute atomic E-state index is 0.00269. The Morgan fingerprint density at radius 2 is 2.32 bits per heavy atom. The number of aromatic carboxylic acids is 1. The van der Waals surface area contributed by atoms with Crippen molar-refractivity contribution in [1.29, 1.82) is 0 Å². The largest absolute Gasteiger partial charge is 0.478 e. The van der Waals surface area contributed by atoms with Crippen molar-refractivity contribution in [2.24, 2.45) is 0 Å². The van der Waals surface area contributed by atoms with Crippen molar-refractivity contribution < 1.29 is 24.3 Å². The van der Waals surface area contributed by atoms with Gasteiger partial charge >= 0.3 is 11.7 Å². The van der Waals surface area contributed by atoms with E-state index in [1.54, 1.807) is 0 Å². The molecule has 0 radical (unpaired) electrons. The maximum Gasteiger partial charge on any atom is 0.335 e. The van der Waals surface area contributed by atoms with Crippen LogP contribution in [0.2, 0.25) is 0 Å². The van der Waals surface area contributed by atoms with Crippen molar-refractivity contribution in [3.63, 3.8) is 0 Å². The van der Waals surface area contributed by atoms with E-state index in [1.807, 2.05) is 6.92 Å². The van der Waals surface area contributed by atoms with Crippen LogP contribution in [0.3, 0.4) is 0 Å². The van der Waals surface area contributed by atoms with Crippen LogP contribution in [-0.2, 0) is 4.74 Å². The van der Waals surface area contributed by atoms with Crippen LogP contribution in [0.25, 0.3) is 0 Å². The van der Waals surface area contributed by atoms with Gasteiger partial charge in [-0.05, 0) is 25.3 Å². The molecule has 0 aliphatic carbocycles. The monoisotopic (exact) mass is 307 g/mol. The van der Waals surface area contributed by atoms with Crippen molar-refractivity contribution >= 4 is 11.7 Å². The smallest absolute Gasteiger partial charge is 0.335 e. The zero-order valence-corrected chi connectivity index (χ0v) is 12.2. The summed E-state index contributed by atoms with van der Waals surface area (Å²) in [5.74, 6) is -1.14. The molecular formula is C15H17NO6. The fourth-order valence-corrected chi connectivity index (χ4v) is 3.41. The summed E-state index contributed by atoms with van der Waals surface area (Å²) in [4.78, 5) is 21.7. The van der Waals surface area contributed by atoms with Gasteiger partial charge < -0.3 is 14.6 Å². The summed E-state index contributed by atoms with van der Waals surface area (Å²) in [6.45, 7) is 1.96. The third-order valence-corrected chi connectivity index (χ3v) is 4.58. The normalized spacial score (nSPS) is 29.5. The molecule has 3 rings (SSSR count). The molecule has 0 aromatic heterocycles. The van der Waals surface area contributed by atoms with Gasteiger partial charge in [0.2, 0.25) is 0 Å². The van der Waals surface area contributed by atoms with Gasteiger partial charge in [0.05, 0.1) is 22.7 Å². The summed E-state index contributed by atoms with van der Waals surface area (Å²) in [6, 6.07) is 3.61. The molecule has 1 aromatic rings. The lowest BCUT2D eigenvalue weighted by atomic mass is 9.82. The number of nitrogens with zero attached hydrogens (tertiary/aromatic N) is 1. The second-order valence-electron chi connectivity index (χ2n) is 5.79. The van der Waals surface area contributed by atoms with E-state index in [-0.39, 0.29) is 29.2 Å². The van der Waals surface area contributed by atoms with Gasteiger partial charge in [0.25, 0.3) is 0 Å². The quantitative estimate of drug-likeness (QED) is 0.663. The number of nitro groups is 1. The first-order valence-corrected chi connectivity index (χ1v) is 7.31. The minimum atomic E-state index is -1.14. The van der Waals surface area contributed by atoms with Crippen LogP contribution in [0.5, 0.6) is 5.75 Å². The standard InChI is InChI=1S/C15H17NO6/c1-2-15(8-10-4-6-13(15)21-10)22-12-7-9(14(17)18)3-5-11(12)16(19)20/h3,5,7,10,13H,2,4,6,8H2,1H3,(H,17,18). The first-order chi connectivity index (χ1) is 10.4. The highest BCUT2D eigenvalue weighted by Crippen LogP contribution is 2.47. The highest BCUT2D eigenvalue weighted by atomic mass is 16.6. The van der Waals surface area contributed by atoms with Crippen molar-refractivity contribution in [2.45, 2.75) is 50.4 Å². The Morgan fingerprint density at radius 1 is 1.55 bits per heavy atom. The molecule has 2 aliphatic heterocycles. The molecule has 2 heterocycles. The second kappa shape index (κ2) is 5.24. The van der Waals surface area contributed by atoms with E-state index in [9.17, 15) is 14.9 Å². The number of carboxylic acid groups (broad SMARTS) is 1. The van der Waals surface area contributed by atoms with Crippen LogP contribution in [0.4, 0.5) is 5.69 Å². The number of rotatable bonds is 5. The number of carbonyl (C=O) groups is 1. The highest BCUT2D eigenvalue weighted by Gasteiger charge is 2.53. The molecule has 22 heavy (non-hydrogen) atoms. The van der Waals surface area contributed by atoms with E-state index in [0.29, 0.717) is 12.8 Å². The molecule has 2 saturated heterocycles. The average molecular weight is 307 g/mol. The molecule has 1 N–H and O–H groups in total. The number of hydrogen-bond donors (Lipinski definition) is 1. The maximum atomic E-state index is 11.2. The molecule has 2 bridgehead atoms. The Hall–Kier alpha value is -2.15. The van der Waals surface area contributed by atoms with Crippen LogP contribution < -0.4 is 4.74 Å². The van der Waals surface area contributed by atoms with Crippen LogP contribution in [-0.4, -0.2) is 33.8 Å². The van der Waals surface area contributed by atoms with Gasteiger partial charge in [0.1, 0.15) is 5.60 Å². The van der Waals surface area contributed by atoms with Crippen LogP contribution in [0.15, 0.2) is 18.2 Å². The maximum absolute atomic E-state index is 11.2. The Morgan fingerprint density at radius 3 is 2.82 bits per heavy atom. The summed E-state index contributed by atoms with van der Waals surface area (Å²) in [7, 11) is 0. The number of hydrogen-bond acceptors (Lipinski definition) is 5. The van der Waals surface area contributed by atoms with Gasteiger partial charge in [0, 0.05) is 18.6 Å². The lowest BCUT2D eigenvalue weighted by molar-refractivity contribution is -0.386. The van der Waals surface area contributed by atoms with Crippen LogP contribution >= 0.6 is 0 Å². The third kappa shape index (κ3) is 2.31. The molecule has 118 valence electrons. The molecule has 2 aliphatic rings. The topological polar surface area (TPSA) is 98.9 Å². The van der Waals surface area contributed by atoms with Gasteiger partial charge in [0.15, 0.2) is 5.75 Å². The zero-order valence-electron chi connectivity index (χ0n) is 12.2. The number of fused-ring (bicyclic) bond motifs is 2. The van der Waals surface area contributed by atoms with E-state index >= 15 is 0 Å². The number of carboxylic acids is 1. The van der Waals surface area contributed by atoms with Crippen molar-refractivity contribution in [1.82, 2.24) is 0 Å². The van der Waals surface area contributed by atoms with E-state index in [4.69, 9.17) is 14.6 Å².